The average Bonchev–Trinajstić information content (AvgIpc) is 2.60. The molecule has 0 aromatic rings. The van der Waals surface area contributed by atoms with Gasteiger partial charge in [-0.2, -0.15) is 0 Å². The Morgan fingerprint density at radius 3 is 2.80 bits per heavy atom. The molecule has 1 aliphatic rings. The van der Waals surface area contributed by atoms with Crippen LogP contribution in [0.4, 0.5) is 0 Å². The Morgan fingerprint density at radius 2 is 2.30 bits per heavy atom. The summed E-state index contributed by atoms with van der Waals surface area (Å²) in [6.45, 7) is 5.43. The average molecular weight is 142 g/mol. The van der Waals surface area contributed by atoms with Gasteiger partial charge in [0.1, 0.15) is 0 Å². The van der Waals surface area contributed by atoms with Gasteiger partial charge in [-0.1, -0.05) is 6.92 Å². The highest BCUT2D eigenvalue weighted by Gasteiger charge is 2.31. The Kier molecular flexibility index (Phi) is 3.16. The van der Waals surface area contributed by atoms with Crippen LogP contribution in [-0.2, 0) is 0 Å². The summed E-state index contributed by atoms with van der Waals surface area (Å²) < 4.78 is 0. The van der Waals surface area contributed by atoms with E-state index in [0.717, 1.165) is 31.3 Å². The third-order valence-electron chi connectivity index (χ3n) is 2.24. The maximum absolute atomic E-state index is 5.35. The summed E-state index contributed by atoms with van der Waals surface area (Å²) in [4.78, 5) is 0. The molecule has 0 spiro atoms. The van der Waals surface area contributed by atoms with Gasteiger partial charge in [-0.05, 0) is 44.3 Å². The first-order valence-electron chi connectivity index (χ1n) is 4.25. The molecule has 10 heavy (non-hydrogen) atoms. The molecule has 0 bridgehead atoms. The standard InChI is InChI=1S/C8H18N2/c1-7-5-8(7)6-10-4-2-3-9/h7-8,10H,2-6,9H2,1H3. The number of nitrogens with two attached hydrogens (primary N) is 1. The van der Waals surface area contributed by atoms with Crippen LogP contribution in [-0.4, -0.2) is 19.6 Å². The van der Waals surface area contributed by atoms with E-state index in [0.29, 0.717) is 0 Å². The van der Waals surface area contributed by atoms with E-state index in [2.05, 4.69) is 12.2 Å². The molecule has 3 N–H and O–H groups in total. The zero-order chi connectivity index (χ0) is 7.40. The van der Waals surface area contributed by atoms with Crippen molar-refractivity contribution in [3.05, 3.63) is 0 Å². The second-order valence-electron chi connectivity index (χ2n) is 3.32. The van der Waals surface area contributed by atoms with Crippen LogP contribution >= 0.6 is 0 Å². The summed E-state index contributed by atoms with van der Waals surface area (Å²) >= 11 is 0. The van der Waals surface area contributed by atoms with E-state index in [4.69, 9.17) is 5.73 Å². The van der Waals surface area contributed by atoms with Gasteiger partial charge in [0.15, 0.2) is 0 Å². The van der Waals surface area contributed by atoms with Crippen LogP contribution in [0.3, 0.4) is 0 Å². The fourth-order valence-electron chi connectivity index (χ4n) is 1.20. The molecule has 1 rings (SSSR count). The summed E-state index contributed by atoms with van der Waals surface area (Å²) in [5.74, 6) is 1.95. The van der Waals surface area contributed by atoms with Crippen molar-refractivity contribution in [3.8, 4) is 0 Å². The molecule has 1 saturated carbocycles. The van der Waals surface area contributed by atoms with Gasteiger partial charge in [0.2, 0.25) is 0 Å². The van der Waals surface area contributed by atoms with Gasteiger partial charge < -0.3 is 11.1 Å². The molecule has 0 aromatic heterocycles. The van der Waals surface area contributed by atoms with Gasteiger partial charge in [0.05, 0.1) is 0 Å². The van der Waals surface area contributed by atoms with Gasteiger partial charge in [-0.25, -0.2) is 0 Å². The molecule has 2 atom stereocenters. The van der Waals surface area contributed by atoms with Gasteiger partial charge in [0.25, 0.3) is 0 Å². The van der Waals surface area contributed by atoms with E-state index in [1.165, 1.54) is 13.0 Å². The van der Waals surface area contributed by atoms with Crippen LogP contribution in [0, 0.1) is 11.8 Å². The Morgan fingerprint density at radius 1 is 1.60 bits per heavy atom. The van der Waals surface area contributed by atoms with Crippen LogP contribution < -0.4 is 11.1 Å². The maximum Gasteiger partial charge on any atom is -0.00179 e. The largest absolute Gasteiger partial charge is 0.330 e. The van der Waals surface area contributed by atoms with Gasteiger partial charge in [-0.15, -0.1) is 0 Å². The second kappa shape index (κ2) is 3.94. The summed E-state index contributed by atoms with van der Waals surface area (Å²) in [7, 11) is 0. The number of hydrogen-bond acceptors (Lipinski definition) is 2. The molecule has 2 nitrogen and oxygen atoms in total. The van der Waals surface area contributed by atoms with Gasteiger partial charge >= 0.3 is 0 Å². The monoisotopic (exact) mass is 142 g/mol. The molecule has 2 unspecified atom stereocenters. The lowest BCUT2D eigenvalue weighted by atomic mass is 10.3. The molecule has 2 heteroatoms. The molecule has 0 aliphatic heterocycles. The van der Waals surface area contributed by atoms with Crippen molar-refractivity contribution in [3.63, 3.8) is 0 Å². The van der Waals surface area contributed by atoms with Crippen molar-refractivity contribution < 1.29 is 0 Å². The first kappa shape index (κ1) is 8.02. The van der Waals surface area contributed by atoms with Crippen LogP contribution in [0.5, 0.6) is 0 Å². The zero-order valence-electron chi connectivity index (χ0n) is 6.77. The Hall–Kier alpha value is -0.0800. The molecular weight excluding hydrogens is 124 g/mol. The maximum atomic E-state index is 5.35. The van der Waals surface area contributed by atoms with Crippen molar-refractivity contribution in [2.75, 3.05) is 19.6 Å². The third-order valence-corrected chi connectivity index (χ3v) is 2.24. The molecule has 0 saturated heterocycles. The summed E-state index contributed by atoms with van der Waals surface area (Å²) in [5.41, 5.74) is 5.35. The molecule has 0 heterocycles. The summed E-state index contributed by atoms with van der Waals surface area (Å²) in [6.07, 6.45) is 2.54. The lowest BCUT2D eigenvalue weighted by Gasteiger charge is -2.00. The lowest BCUT2D eigenvalue weighted by Crippen LogP contribution is -2.20. The number of nitrogens with one attached hydrogen (secondary N) is 1. The topological polar surface area (TPSA) is 38.0 Å². The van der Waals surface area contributed by atoms with Crippen LogP contribution in [0.2, 0.25) is 0 Å². The van der Waals surface area contributed by atoms with E-state index < -0.39 is 0 Å². The first-order chi connectivity index (χ1) is 4.84. The molecule has 0 amide bonds. The second-order valence-corrected chi connectivity index (χ2v) is 3.32. The molecule has 1 fully saturated rings. The normalized spacial score (nSPS) is 30.6. The number of rotatable bonds is 5. The molecule has 60 valence electrons. The minimum atomic E-state index is 0.813. The van der Waals surface area contributed by atoms with Crippen molar-refractivity contribution in [2.24, 2.45) is 17.6 Å². The lowest BCUT2D eigenvalue weighted by molar-refractivity contribution is 0.597. The number of hydrogen-bond donors (Lipinski definition) is 2. The van der Waals surface area contributed by atoms with E-state index in [1.807, 2.05) is 0 Å². The molecule has 0 aromatic carbocycles. The minimum absolute atomic E-state index is 0.813. The Balaban J connectivity index is 1.78. The van der Waals surface area contributed by atoms with E-state index >= 15 is 0 Å². The third kappa shape index (κ3) is 2.67. The van der Waals surface area contributed by atoms with Crippen molar-refractivity contribution >= 4 is 0 Å². The van der Waals surface area contributed by atoms with Crippen LogP contribution in [0.25, 0.3) is 0 Å². The van der Waals surface area contributed by atoms with Gasteiger partial charge in [-0.3, -0.25) is 0 Å². The highest BCUT2D eigenvalue weighted by Crippen LogP contribution is 2.36. The van der Waals surface area contributed by atoms with Gasteiger partial charge in [0, 0.05) is 0 Å². The van der Waals surface area contributed by atoms with Crippen molar-refractivity contribution in [1.82, 2.24) is 5.32 Å². The SMILES string of the molecule is CC1CC1CNCCCN. The smallest absolute Gasteiger partial charge is 0.00179 e. The highest BCUT2D eigenvalue weighted by molar-refractivity contribution is 4.83. The van der Waals surface area contributed by atoms with Crippen molar-refractivity contribution in [1.29, 1.82) is 0 Å². The summed E-state index contributed by atoms with van der Waals surface area (Å²) in [6, 6.07) is 0. The van der Waals surface area contributed by atoms with Crippen LogP contribution in [0.1, 0.15) is 19.8 Å². The Bertz CT molecular complexity index is 93.3. The van der Waals surface area contributed by atoms with E-state index in [-0.39, 0.29) is 0 Å². The van der Waals surface area contributed by atoms with Crippen molar-refractivity contribution in [2.45, 2.75) is 19.8 Å². The fraction of sp³-hybridized carbons (Fsp3) is 1.00. The fourth-order valence-corrected chi connectivity index (χ4v) is 1.20. The summed E-state index contributed by atoms with van der Waals surface area (Å²) in [5, 5.41) is 3.40. The van der Waals surface area contributed by atoms with E-state index in [1.54, 1.807) is 0 Å². The van der Waals surface area contributed by atoms with Crippen LogP contribution in [0.15, 0.2) is 0 Å². The molecular formula is C8H18N2. The first-order valence-corrected chi connectivity index (χ1v) is 4.25. The highest BCUT2D eigenvalue weighted by atomic mass is 14.9. The predicted molar refractivity (Wildman–Crippen MR) is 43.8 cm³/mol. The minimum Gasteiger partial charge on any atom is -0.330 e. The predicted octanol–water partition coefficient (Wildman–Crippen LogP) is 0.581. The molecule has 0 radical (unpaired) electrons. The zero-order valence-corrected chi connectivity index (χ0v) is 6.77. The van der Waals surface area contributed by atoms with E-state index in [9.17, 15) is 0 Å². The molecule has 1 aliphatic carbocycles. The Labute approximate surface area is 63.2 Å². The quantitative estimate of drug-likeness (QED) is 0.551.